The smallest absolute Gasteiger partial charge is 0.219 e. The lowest BCUT2D eigenvalue weighted by molar-refractivity contribution is -0.122. The summed E-state index contributed by atoms with van der Waals surface area (Å²) in [6.45, 7) is 4.80. The van der Waals surface area contributed by atoms with Crippen molar-refractivity contribution in [2.24, 2.45) is 0 Å². The largest absolute Gasteiger partial charge is 0.356 e. The monoisotopic (exact) mass is 272 g/mol. The van der Waals surface area contributed by atoms with Crippen molar-refractivity contribution >= 4 is 5.91 Å². The second-order valence-corrected chi connectivity index (χ2v) is 5.43. The number of amides is 1. The maximum absolute atomic E-state index is 11.5. The van der Waals surface area contributed by atoms with Gasteiger partial charge in [0.2, 0.25) is 5.91 Å². The lowest BCUT2D eigenvalue weighted by atomic mass is 10.1. The number of carbonyl (C=O) groups is 1. The van der Waals surface area contributed by atoms with E-state index in [1.165, 1.54) is 37.2 Å². The average Bonchev–Trinajstić information content (AvgIpc) is 2.37. The van der Waals surface area contributed by atoms with Gasteiger partial charge in [0.25, 0.3) is 0 Å². The molecule has 0 aromatic carbocycles. The van der Waals surface area contributed by atoms with Crippen LogP contribution in [0.4, 0.5) is 0 Å². The second kappa shape index (κ2) is 12.4. The summed E-state index contributed by atoms with van der Waals surface area (Å²) in [6.07, 6.45) is 10.1. The molecule has 0 aromatic rings. The lowest BCUT2D eigenvalue weighted by Crippen LogP contribution is -2.31. The normalized spacial score (nSPS) is 12.7. The van der Waals surface area contributed by atoms with E-state index >= 15 is 0 Å². The van der Waals surface area contributed by atoms with E-state index in [1.807, 2.05) is 6.92 Å². The lowest BCUT2D eigenvalue weighted by Gasteiger charge is -2.17. The molecular weight excluding hydrogens is 240 g/mol. The Morgan fingerprint density at radius 3 is 2.32 bits per heavy atom. The number of nitrogens with zero attached hydrogens (tertiary/aromatic N) is 1. The number of hydroxylamine groups is 2. The number of hydrogen-bond acceptors (Lipinski definition) is 3. The molecule has 0 saturated carbocycles. The highest BCUT2D eigenvalue weighted by Gasteiger charge is 2.06. The molecule has 0 aliphatic heterocycles. The van der Waals surface area contributed by atoms with E-state index in [-0.39, 0.29) is 11.9 Å². The predicted octanol–water partition coefficient (Wildman–Crippen LogP) is 3.34. The summed E-state index contributed by atoms with van der Waals surface area (Å²) in [5.41, 5.74) is 0. The van der Waals surface area contributed by atoms with Gasteiger partial charge in [-0.2, -0.15) is 5.06 Å². The minimum Gasteiger partial charge on any atom is -0.356 e. The Kier molecular flexibility index (Phi) is 12.0. The van der Waals surface area contributed by atoms with Crippen molar-refractivity contribution in [1.29, 1.82) is 0 Å². The summed E-state index contributed by atoms with van der Waals surface area (Å²) in [5.74, 6) is 0.140. The summed E-state index contributed by atoms with van der Waals surface area (Å²) < 4.78 is 0. The topological polar surface area (TPSA) is 52.6 Å². The maximum Gasteiger partial charge on any atom is 0.219 e. The van der Waals surface area contributed by atoms with Crippen LogP contribution in [0.1, 0.15) is 71.6 Å². The zero-order valence-corrected chi connectivity index (χ0v) is 13.0. The summed E-state index contributed by atoms with van der Waals surface area (Å²) in [6, 6.07) is 0.0823. The first kappa shape index (κ1) is 18.4. The van der Waals surface area contributed by atoms with Gasteiger partial charge >= 0.3 is 0 Å². The SMILES string of the molecule is CCCCCCCCCC(=O)NCCC(C)N(C)O. The number of rotatable bonds is 12. The van der Waals surface area contributed by atoms with Crippen molar-refractivity contribution < 1.29 is 10.0 Å². The molecule has 0 aliphatic rings. The van der Waals surface area contributed by atoms with Gasteiger partial charge in [-0.25, -0.2) is 0 Å². The van der Waals surface area contributed by atoms with E-state index in [4.69, 9.17) is 5.21 Å². The third kappa shape index (κ3) is 12.2. The minimum absolute atomic E-state index is 0.0823. The zero-order valence-electron chi connectivity index (χ0n) is 13.0. The zero-order chi connectivity index (χ0) is 14.5. The maximum atomic E-state index is 11.5. The number of nitrogens with one attached hydrogen (secondary N) is 1. The molecular formula is C15H32N2O2. The molecule has 0 aromatic heterocycles. The van der Waals surface area contributed by atoms with Crippen molar-refractivity contribution in [3.05, 3.63) is 0 Å². The predicted molar refractivity (Wildman–Crippen MR) is 79.2 cm³/mol. The fraction of sp³-hybridized carbons (Fsp3) is 0.933. The van der Waals surface area contributed by atoms with Gasteiger partial charge in [0, 0.05) is 26.1 Å². The molecule has 1 unspecified atom stereocenters. The van der Waals surface area contributed by atoms with Crippen LogP contribution in [0.15, 0.2) is 0 Å². The van der Waals surface area contributed by atoms with Crippen molar-refractivity contribution in [3.8, 4) is 0 Å². The van der Waals surface area contributed by atoms with Gasteiger partial charge in [-0.15, -0.1) is 0 Å². The molecule has 1 amide bonds. The molecule has 0 rings (SSSR count). The van der Waals surface area contributed by atoms with E-state index < -0.39 is 0 Å². The van der Waals surface area contributed by atoms with Gasteiger partial charge in [-0.05, 0) is 19.8 Å². The molecule has 1 atom stereocenters. The molecule has 4 nitrogen and oxygen atoms in total. The van der Waals surface area contributed by atoms with E-state index in [1.54, 1.807) is 7.05 Å². The van der Waals surface area contributed by atoms with Crippen LogP contribution in [-0.2, 0) is 4.79 Å². The highest BCUT2D eigenvalue weighted by atomic mass is 16.5. The van der Waals surface area contributed by atoms with Crippen molar-refractivity contribution in [2.75, 3.05) is 13.6 Å². The van der Waals surface area contributed by atoms with Gasteiger partial charge < -0.3 is 10.5 Å². The van der Waals surface area contributed by atoms with Crippen LogP contribution in [0.5, 0.6) is 0 Å². The molecule has 4 heteroatoms. The first-order valence-electron chi connectivity index (χ1n) is 7.76. The van der Waals surface area contributed by atoms with Crippen LogP contribution in [0, 0.1) is 0 Å². The molecule has 2 N–H and O–H groups in total. The summed E-state index contributed by atoms with van der Waals surface area (Å²) in [5, 5.41) is 13.3. The van der Waals surface area contributed by atoms with E-state index in [0.717, 1.165) is 19.3 Å². The standard InChI is InChI=1S/C15H32N2O2/c1-4-5-6-7-8-9-10-11-15(18)16-13-12-14(2)17(3)19/h14,19H,4-13H2,1-3H3,(H,16,18). The Hall–Kier alpha value is -0.610. The van der Waals surface area contributed by atoms with Crippen LogP contribution in [0.3, 0.4) is 0 Å². The van der Waals surface area contributed by atoms with Crippen LogP contribution >= 0.6 is 0 Å². The third-order valence-corrected chi connectivity index (χ3v) is 3.53. The van der Waals surface area contributed by atoms with E-state index in [2.05, 4.69) is 12.2 Å². The second-order valence-electron chi connectivity index (χ2n) is 5.43. The van der Waals surface area contributed by atoms with E-state index in [9.17, 15) is 4.79 Å². The Labute approximate surface area is 118 Å². The number of unbranched alkanes of at least 4 members (excludes halogenated alkanes) is 6. The first-order valence-corrected chi connectivity index (χ1v) is 7.76. The number of carbonyl (C=O) groups excluding carboxylic acids is 1. The number of hydrogen-bond donors (Lipinski definition) is 2. The van der Waals surface area contributed by atoms with Gasteiger partial charge in [0.15, 0.2) is 0 Å². The summed E-state index contributed by atoms with van der Waals surface area (Å²) in [4.78, 5) is 11.5. The fourth-order valence-corrected chi connectivity index (χ4v) is 1.94. The molecule has 0 saturated heterocycles. The highest BCUT2D eigenvalue weighted by Crippen LogP contribution is 2.08. The molecule has 0 bridgehead atoms. The summed E-state index contributed by atoms with van der Waals surface area (Å²) in [7, 11) is 1.63. The molecule has 0 heterocycles. The van der Waals surface area contributed by atoms with Crippen LogP contribution < -0.4 is 5.32 Å². The quantitative estimate of drug-likeness (QED) is 0.423. The third-order valence-electron chi connectivity index (χ3n) is 3.53. The molecule has 0 spiro atoms. The molecule has 114 valence electrons. The van der Waals surface area contributed by atoms with Crippen molar-refractivity contribution in [3.63, 3.8) is 0 Å². The van der Waals surface area contributed by atoms with Gasteiger partial charge in [0.1, 0.15) is 0 Å². The fourth-order valence-electron chi connectivity index (χ4n) is 1.94. The Bertz CT molecular complexity index is 220. The van der Waals surface area contributed by atoms with E-state index in [0.29, 0.717) is 13.0 Å². The summed E-state index contributed by atoms with van der Waals surface area (Å²) >= 11 is 0. The van der Waals surface area contributed by atoms with Crippen LogP contribution in [-0.4, -0.2) is 35.8 Å². The highest BCUT2D eigenvalue weighted by molar-refractivity contribution is 5.75. The molecule has 0 aliphatic carbocycles. The van der Waals surface area contributed by atoms with Crippen LogP contribution in [0.2, 0.25) is 0 Å². The van der Waals surface area contributed by atoms with Gasteiger partial charge in [-0.3, -0.25) is 4.79 Å². The Morgan fingerprint density at radius 2 is 1.74 bits per heavy atom. The first-order chi connectivity index (χ1) is 9.07. The van der Waals surface area contributed by atoms with Gasteiger partial charge in [0.05, 0.1) is 0 Å². The molecule has 0 radical (unpaired) electrons. The molecule has 0 fully saturated rings. The minimum atomic E-state index is 0.0823. The van der Waals surface area contributed by atoms with Gasteiger partial charge in [-0.1, -0.05) is 45.4 Å². The molecule has 19 heavy (non-hydrogen) atoms. The van der Waals surface area contributed by atoms with Crippen LogP contribution in [0.25, 0.3) is 0 Å². The average molecular weight is 272 g/mol. The van der Waals surface area contributed by atoms with Crippen molar-refractivity contribution in [1.82, 2.24) is 10.4 Å². The van der Waals surface area contributed by atoms with Crippen molar-refractivity contribution in [2.45, 2.75) is 77.7 Å². The Balaban J connectivity index is 3.30. The Morgan fingerprint density at radius 1 is 1.16 bits per heavy atom.